The summed E-state index contributed by atoms with van der Waals surface area (Å²) in [5, 5.41) is 15.1. The standard InChI is InChI=1S/C14H26N2O3/c1-10(2)12(17)9-15-13(18)7-8-14(19)16-11-5-3-4-6-11/h10-12,17H,3-9H2,1-2H3,(H,15,18)(H,16,19). The quantitative estimate of drug-likeness (QED) is 0.644. The van der Waals surface area contributed by atoms with Gasteiger partial charge in [-0.25, -0.2) is 0 Å². The van der Waals surface area contributed by atoms with Gasteiger partial charge in [-0.15, -0.1) is 0 Å². The fourth-order valence-corrected chi connectivity index (χ4v) is 2.14. The van der Waals surface area contributed by atoms with Crippen molar-refractivity contribution in [2.24, 2.45) is 5.92 Å². The Labute approximate surface area is 115 Å². The highest BCUT2D eigenvalue weighted by molar-refractivity contribution is 5.83. The van der Waals surface area contributed by atoms with Crippen LogP contribution in [0.2, 0.25) is 0 Å². The minimum atomic E-state index is -0.531. The Morgan fingerprint density at radius 2 is 1.74 bits per heavy atom. The molecule has 110 valence electrons. The molecule has 0 radical (unpaired) electrons. The molecule has 1 aliphatic rings. The maximum Gasteiger partial charge on any atom is 0.220 e. The Kier molecular flexibility index (Phi) is 6.84. The lowest BCUT2D eigenvalue weighted by Gasteiger charge is -2.15. The van der Waals surface area contributed by atoms with Gasteiger partial charge in [0.15, 0.2) is 0 Å². The lowest BCUT2D eigenvalue weighted by molar-refractivity contribution is -0.127. The SMILES string of the molecule is CC(C)C(O)CNC(=O)CCC(=O)NC1CCCC1. The average Bonchev–Trinajstić information content (AvgIpc) is 2.85. The van der Waals surface area contributed by atoms with Crippen LogP contribution in [0.5, 0.6) is 0 Å². The highest BCUT2D eigenvalue weighted by Crippen LogP contribution is 2.17. The summed E-state index contributed by atoms with van der Waals surface area (Å²) < 4.78 is 0. The molecule has 0 saturated heterocycles. The first kappa shape index (κ1) is 16.0. The van der Waals surface area contributed by atoms with Crippen LogP contribution < -0.4 is 10.6 Å². The van der Waals surface area contributed by atoms with Gasteiger partial charge in [0.1, 0.15) is 0 Å². The molecule has 0 aromatic carbocycles. The number of aliphatic hydroxyl groups is 1. The van der Waals surface area contributed by atoms with Crippen LogP contribution in [0.15, 0.2) is 0 Å². The molecule has 5 heteroatoms. The van der Waals surface area contributed by atoms with Crippen LogP contribution in [0.4, 0.5) is 0 Å². The first-order valence-electron chi connectivity index (χ1n) is 7.23. The van der Waals surface area contributed by atoms with E-state index < -0.39 is 6.10 Å². The van der Waals surface area contributed by atoms with Gasteiger partial charge in [-0.05, 0) is 18.8 Å². The zero-order chi connectivity index (χ0) is 14.3. The van der Waals surface area contributed by atoms with Gasteiger partial charge in [-0.3, -0.25) is 9.59 Å². The monoisotopic (exact) mass is 270 g/mol. The van der Waals surface area contributed by atoms with Crippen molar-refractivity contribution in [3.05, 3.63) is 0 Å². The normalized spacial score (nSPS) is 17.5. The van der Waals surface area contributed by atoms with Crippen LogP contribution in [-0.2, 0) is 9.59 Å². The van der Waals surface area contributed by atoms with Crippen molar-refractivity contribution >= 4 is 11.8 Å². The molecule has 1 atom stereocenters. The predicted molar refractivity (Wildman–Crippen MR) is 73.5 cm³/mol. The Hall–Kier alpha value is -1.10. The molecule has 3 N–H and O–H groups in total. The summed E-state index contributed by atoms with van der Waals surface area (Å²) in [5.41, 5.74) is 0. The smallest absolute Gasteiger partial charge is 0.220 e. The number of amides is 2. The molecule has 2 amide bonds. The molecule has 1 fully saturated rings. The minimum absolute atomic E-state index is 0.0496. The third-order valence-electron chi connectivity index (χ3n) is 3.58. The van der Waals surface area contributed by atoms with Crippen molar-refractivity contribution in [1.82, 2.24) is 10.6 Å². The van der Waals surface area contributed by atoms with E-state index in [0.29, 0.717) is 6.04 Å². The third kappa shape index (κ3) is 6.57. The second-order valence-electron chi connectivity index (χ2n) is 5.66. The molecule has 1 rings (SSSR count). The summed E-state index contributed by atoms with van der Waals surface area (Å²) in [5.74, 6) is -0.112. The van der Waals surface area contributed by atoms with E-state index in [9.17, 15) is 14.7 Å². The molecule has 1 aliphatic carbocycles. The molecule has 0 aromatic heterocycles. The molecule has 0 heterocycles. The third-order valence-corrected chi connectivity index (χ3v) is 3.58. The molecule has 0 bridgehead atoms. The topological polar surface area (TPSA) is 78.4 Å². The maximum absolute atomic E-state index is 11.6. The number of hydrogen-bond donors (Lipinski definition) is 3. The van der Waals surface area contributed by atoms with Gasteiger partial charge < -0.3 is 15.7 Å². The van der Waals surface area contributed by atoms with Crippen LogP contribution in [0, 0.1) is 5.92 Å². The predicted octanol–water partition coefficient (Wildman–Crippen LogP) is 0.958. The van der Waals surface area contributed by atoms with E-state index in [1.165, 1.54) is 12.8 Å². The first-order valence-corrected chi connectivity index (χ1v) is 7.23. The molecule has 0 aromatic rings. The van der Waals surface area contributed by atoms with Crippen LogP contribution in [0.1, 0.15) is 52.4 Å². The zero-order valence-corrected chi connectivity index (χ0v) is 11.9. The summed E-state index contributed by atoms with van der Waals surface area (Å²) in [6, 6.07) is 0.304. The number of nitrogens with one attached hydrogen (secondary N) is 2. The van der Waals surface area contributed by atoms with Crippen molar-refractivity contribution in [2.75, 3.05) is 6.54 Å². The van der Waals surface area contributed by atoms with Crippen LogP contribution >= 0.6 is 0 Å². The molecule has 0 aliphatic heterocycles. The van der Waals surface area contributed by atoms with E-state index in [-0.39, 0.29) is 37.1 Å². The summed E-state index contributed by atoms with van der Waals surface area (Å²) in [4.78, 5) is 23.1. The Balaban J connectivity index is 2.10. The Bertz CT molecular complexity index is 299. The Morgan fingerprint density at radius 1 is 1.16 bits per heavy atom. The maximum atomic E-state index is 11.6. The van der Waals surface area contributed by atoms with Gasteiger partial charge in [-0.2, -0.15) is 0 Å². The minimum Gasteiger partial charge on any atom is -0.391 e. The summed E-state index contributed by atoms with van der Waals surface area (Å²) in [6.07, 6.45) is 4.34. The van der Waals surface area contributed by atoms with E-state index in [0.717, 1.165) is 12.8 Å². The summed E-state index contributed by atoms with van der Waals surface area (Å²) in [7, 11) is 0. The highest BCUT2D eigenvalue weighted by Gasteiger charge is 2.17. The van der Waals surface area contributed by atoms with Gasteiger partial charge in [0.2, 0.25) is 11.8 Å². The molecular formula is C14H26N2O3. The van der Waals surface area contributed by atoms with Gasteiger partial charge in [-0.1, -0.05) is 26.7 Å². The van der Waals surface area contributed by atoms with Gasteiger partial charge in [0.05, 0.1) is 6.10 Å². The van der Waals surface area contributed by atoms with Gasteiger partial charge in [0, 0.05) is 25.4 Å². The molecule has 19 heavy (non-hydrogen) atoms. The fourth-order valence-electron chi connectivity index (χ4n) is 2.14. The van der Waals surface area contributed by atoms with Crippen LogP contribution in [0.25, 0.3) is 0 Å². The van der Waals surface area contributed by atoms with Crippen molar-refractivity contribution in [1.29, 1.82) is 0 Å². The van der Waals surface area contributed by atoms with E-state index in [4.69, 9.17) is 0 Å². The van der Waals surface area contributed by atoms with Crippen molar-refractivity contribution in [3.63, 3.8) is 0 Å². The summed E-state index contributed by atoms with van der Waals surface area (Å²) in [6.45, 7) is 4.04. The number of carbonyl (C=O) groups excluding carboxylic acids is 2. The van der Waals surface area contributed by atoms with Crippen molar-refractivity contribution < 1.29 is 14.7 Å². The number of aliphatic hydroxyl groups excluding tert-OH is 1. The number of hydrogen-bond acceptors (Lipinski definition) is 3. The average molecular weight is 270 g/mol. The molecule has 0 spiro atoms. The first-order chi connectivity index (χ1) is 8.99. The second-order valence-corrected chi connectivity index (χ2v) is 5.66. The second kappa shape index (κ2) is 8.15. The van der Waals surface area contributed by atoms with Crippen LogP contribution in [0.3, 0.4) is 0 Å². The summed E-state index contributed by atoms with van der Waals surface area (Å²) >= 11 is 0. The van der Waals surface area contributed by atoms with E-state index in [1.807, 2.05) is 13.8 Å². The Morgan fingerprint density at radius 3 is 2.32 bits per heavy atom. The molecule has 1 saturated carbocycles. The van der Waals surface area contributed by atoms with E-state index in [2.05, 4.69) is 10.6 Å². The molecule has 1 unspecified atom stereocenters. The van der Waals surface area contributed by atoms with E-state index >= 15 is 0 Å². The van der Waals surface area contributed by atoms with Gasteiger partial charge >= 0.3 is 0 Å². The fraction of sp³-hybridized carbons (Fsp3) is 0.857. The van der Waals surface area contributed by atoms with Crippen molar-refractivity contribution in [3.8, 4) is 0 Å². The van der Waals surface area contributed by atoms with Crippen LogP contribution in [-0.4, -0.2) is 35.6 Å². The lowest BCUT2D eigenvalue weighted by atomic mass is 10.1. The molecule has 5 nitrogen and oxygen atoms in total. The molecular weight excluding hydrogens is 244 g/mol. The van der Waals surface area contributed by atoms with E-state index in [1.54, 1.807) is 0 Å². The number of rotatable bonds is 7. The zero-order valence-electron chi connectivity index (χ0n) is 11.9. The highest BCUT2D eigenvalue weighted by atomic mass is 16.3. The largest absolute Gasteiger partial charge is 0.391 e. The lowest BCUT2D eigenvalue weighted by Crippen LogP contribution is -2.36. The number of carbonyl (C=O) groups is 2. The van der Waals surface area contributed by atoms with Crippen molar-refractivity contribution in [2.45, 2.75) is 64.5 Å². The van der Waals surface area contributed by atoms with Gasteiger partial charge in [0.25, 0.3) is 0 Å².